The van der Waals surface area contributed by atoms with E-state index in [-0.39, 0.29) is 5.70 Å². The van der Waals surface area contributed by atoms with Crippen LogP contribution in [-0.4, -0.2) is 11.2 Å². The van der Waals surface area contributed by atoms with Crippen molar-refractivity contribution in [2.24, 2.45) is 0 Å². The Kier molecular flexibility index (Phi) is 4.60. The van der Waals surface area contributed by atoms with Crippen LogP contribution in [0.4, 0.5) is 0 Å². The van der Waals surface area contributed by atoms with Gasteiger partial charge in [-0.05, 0) is 54.0 Å². The van der Waals surface area contributed by atoms with Crippen molar-refractivity contribution in [3.63, 3.8) is 0 Å². The van der Waals surface area contributed by atoms with Crippen LogP contribution in [0.3, 0.4) is 0 Å². The summed E-state index contributed by atoms with van der Waals surface area (Å²) in [6, 6.07) is 14.1. The van der Waals surface area contributed by atoms with Gasteiger partial charge in [-0.15, -0.1) is 0 Å². The van der Waals surface area contributed by atoms with Crippen molar-refractivity contribution in [1.82, 2.24) is 4.57 Å². The SMILES string of the molecule is [C-]#[N+]/C(C#N)=C1C=C(/C=C/c2ccc(-n3cccc3)cc2)OCC\1. The molecule has 0 N–H and O–H groups in total. The first kappa shape index (κ1) is 15.4. The highest BCUT2D eigenvalue weighted by molar-refractivity contribution is 5.55. The molecular weight excluding hydrogens is 298 g/mol. The minimum absolute atomic E-state index is 0.139. The lowest BCUT2D eigenvalue weighted by Gasteiger charge is -2.14. The normalized spacial score (nSPS) is 16.0. The second-order valence-corrected chi connectivity index (χ2v) is 5.26. The molecule has 1 aliphatic heterocycles. The van der Waals surface area contributed by atoms with Gasteiger partial charge in [-0.3, -0.25) is 0 Å². The van der Waals surface area contributed by atoms with Crippen molar-refractivity contribution in [2.75, 3.05) is 6.61 Å². The molecule has 4 heteroatoms. The lowest BCUT2D eigenvalue weighted by Crippen LogP contribution is -2.03. The summed E-state index contributed by atoms with van der Waals surface area (Å²) in [5, 5.41) is 8.97. The Morgan fingerprint density at radius 1 is 1.21 bits per heavy atom. The van der Waals surface area contributed by atoms with E-state index in [4.69, 9.17) is 16.6 Å². The Hall–Kier alpha value is -3.50. The molecule has 0 fully saturated rings. The molecule has 3 rings (SSSR count). The highest BCUT2D eigenvalue weighted by atomic mass is 16.5. The van der Waals surface area contributed by atoms with Gasteiger partial charge in [-0.2, -0.15) is 0 Å². The fraction of sp³-hybridized carbons (Fsp3) is 0.100. The van der Waals surface area contributed by atoms with Crippen LogP contribution in [0.25, 0.3) is 16.6 Å². The summed E-state index contributed by atoms with van der Waals surface area (Å²) in [6.45, 7) is 7.52. The van der Waals surface area contributed by atoms with E-state index in [1.807, 2.05) is 71.6 Å². The number of nitriles is 1. The Morgan fingerprint density at radius 2 is 1.96 bits per heavy atom. The lowest BCUT2D eigenvalue weighted by molar-refractivity contribution is 0.219. The van der Waals surface area contributed by atoms with Crippen molar-refractivity contribution >= 4 is 6.08 Å². The van der Waals surface area contributed by atoms with Crippen LogP contribution in [0.2, 0.25) is 0 Å². The highest BCUT2D eigenvalue weighted by Crippen LogP contribution is 2.21. The molecule has 0 amide bonds. The van der Waals surface area contributed by atoms with Gasteiger partial charge in [0, 0.05) is 18.1 Å². The van der Waals surface area contributed by atoms with E-state index in [0.29, 0.717) is 18.8 Å². The first-order valence-electron chi connectivity index (χ1n) is 7.57. The van der Waals surface area contributed by atoms with Gasteiger partial charge >= 0.3 is 0 Å². The number of nitrogens with zero attached hydrogens (tertiary/aromatic N) is 3. The minimum Gasteiger partial charge on any atom is -0.493 e. The molecule has 0 bridgehead atoms. The summed E-state index contributed by atoms with van der Waals surface area (Å²) < 4.78 is 7.62. The van der Waals surface area contributed by atoms with E-state index in [1.165, 1.54) is 0 Å². The zero-order chi connectivity index (χ0) is 16.8. The summed E-state index contributed by atoms with van der Waals surface area (Å²) >= 11 is 0. The van der Waals surface area contributed by atoms with Gasteiger partial charge in [0.2, 0.25) is 0 Å². The largest absolute Gasteiger partial charge is 0.493 e. The molecule has 0 atom stereocenters. The van der Waals surface area contributed by atoms with Gasteiger partial charge in [0.05, 0.1) is 19.2 Å². The number of aromatic nitrogens is 1. The quantitative estimate of drug-likeness (QED) is 0.619. The van der Waals surface area contributed by atoms with Gasteiger partial charge in [0.15, 0.2) is 0 Å². The van der Waals surface area contributed by atoms with Gasteiger partial charge in [0.1, 0.15) is 5.76 Å². The van der Waals surface area contributed by atoms with Gasteiger partial charge in [-0.25, -0.2) is 10.1 Å². The molecule has 0 saturated heterocycles. The summed E-state index contributed by atoms with van der Waals surface area (Å²) in [6.07, 6.45) is 10.2. The molecule has 0 unspecified atom stereocenters. The fourth-order valence-electron chi connectivity index (χ4n) is 2.46. The first-order valence-corrected chi connectivity index (χ1v) is 7.57. The molecule has 1 aromatic carbocycles. The molecule has 0 spiro atoms. The zero-order valence-electron chi connectivity index (χ0n) is 13.0. The molecule has 0 radical (unpaired) electrons. The third-order valence-electron chi connectivity index (χ3n) is 3.71. The Bertz CT molecular complexity index is 870. The van der Waals surface area contributed by atoms with Crippen LogP contribution < -0.4 is 0 Å². The third kappa shape index (κ3) is 3.45. The minimum atomic E-state index is 0.139. The van der Waals surface area contributed by atoms with Crippen molar-refractivity contribution in [2.45, 2.75) is 6.42 Å². The number of ether oxygens (including phenoxy) is 1. The second-order valence-electron chi connectivity index (χ2n) is 5.26. The van der Waals surface area contributed by atoms with Crippen LogP contribution in [0, 0.1) is 17.9 Å². The standard InChI is InChI=1S/C20H15N3O/c1-22-20(15-21)17-10-13-24-19(14-17)9-6-16-4-7-18(8-5-16)23-11-2-3-12-23/h2-9,11-12,14H,10,13H2/b9-6+,20-17-. The topological polar surface area (TPSA) is 42.3 Å². The molecule has 1 aromatic heterocycles. The number of hydrogen-bond donors (Lipinski definition) is 0. The number of benzene rings is 1. The van der Waals surface area contributed by atoms with Gasteiger partial charge in [0.25, 0.3) is 5.70 Å². The van der Waals surface area contributed by atoms with Gasteiger partial charge < -0.3 is 9.30 Å². The third-order valence-corrected chi connectivity index (χ3v) is 3.71. The second kappa shape index (κ2) is 7.17. The molecule has 24 heavy (non-hydrogen) atoms. The van der Waals surface area contributed by atoms with Crippen LogP contribution in [0.5, 0.6) is 0 Å². The van der Waals surface area contributed by atoms with Crippen LogP contribution in [0.15, 0.2) is 78.0 Å². The van der Waals surface area contributed by atoms with Crippen LogP contribution >= 0.6 is 0 Å². The van der Waals surface area contributed by atoms with Crippen LogP contribution in [-0.2, 0) is 4.74 Å². The monoisotopic (exact) mass is 313 g/mol. The first-order chi connectivity index (χ1) is 11.8. The van der Waals surface area contributed by atoms with E-state index in [1.54, 1.807) is 6.08 Å². The van der Waals surface area contributed by atoms with Crippen molar-refractivity contribution in [3.05, 3.63) is 95.0 Å². The van der Waals surface area contributed by atoms with Crippen molar-refractivity contribution in [3.8, 4) is 11.8 Å². The lowest BCUT2D eigenvalue weighted by atomic mass is 10.1. The molecule has 2 heterocycles. The van der Waals surface area contributed by atoms with Crippen LogP contribution in [0.1, 0.15) is 12.0 Å². The maximum absolute atomic E-state index is 8.97. The molecule has 0 saturated carbocycles. The highest BCUT2D eigenvalue weighted by Gasteiger charge is 2.11. The fourth-order valence-corrected chi connectivity index (χ4v) is 2.46. The average molecular weight is 313 g/mol. The molecular formula is C20H15N3O. The summed E-state index contributed by atoms with van der Waals surface area (Å²) in [4.78, 5) is 3.26. The Balaban J connectivity index is 1.77. The molecule has 4 nitrogen and oxygen atoms in total. The number of allylic oxidation sites excluding steroid dienone is 3. The molecule has 116 valence electrons. The van der Waals surface area contributed by atoms with E-state index in [2.05, 4.69) is 4.85 Å². The van der Waals surface area contributed by atoms with Gasteiger partial charge in [-0.1, -0.05) is 18.2 Å². The summed E-state index contributed by atoms with van der Waals surface area (Å²) in [5.41, 5.74) is 3.03. The maximum Gasteiger partial charge on any atom is 0.265 e. The molecule has 0 aliphatic carbocycles. The predicted molar refractivity (Wildman–Crippen MR) is 92.7 cm³/mol. The molecule has 1 aliphatic rings. The van der Waals surface area contributed by atoms with Crippen molar-refractivity contribution < 1.29 is 4.74 Å². The van der Waals surface area contributed by atoms with Crippen molar-refractivity contribution in [1.29, 1.82) is 5.26 Å². The maximum atomic E-state index is 8.97. The average Bonchev–Trinajstić information content (AvgIpc) is 3.17. The van der Waals surface area contributed by atoms with E-state index >= 15 is 0 Å². The van der Waals surface area contributed by atoms with E-state index in [0.717, 1.165) is 16.8 Å². The van der Waals surface area contributed by atoms with E-state index < -0.39 is 0 Å². The Morgan fingerprint density at radius 3 is 2.62 bits per heavy atom. The molecule has 2 aromatic rings. The Labute approximate surface area is 141 Å². The number of hydrogen-bond acceptors (Lipinski definition) is 2. The number of rotatable bonds is 3. The predicted octanol–water partition coefficient (Wildman–Crippen LogP) is 4.49. The van der Waals surface area contributed by atoms with E-state index in [9.17, 15) is 0 Å². The summed E-state index contributed by atoms with van der Waals surface area (Å²) in [7, 11) is 0. The zero-order valence-corrected chi connectivity index (χ0v) is 13.0. The smallest absolute Gasteiger partial charge is 0.265 e. The summed E-state index contributed by atoms with van der Waals surface area (Å²) in [5.74, 6) is 0.669.